The second-order valence-corrected chi connectivity index (χ2v) is 5.26. The number of nitrogens with two attached hydrogens (primary N) is 1. The SMILES string of the molecule is NC(=O)N(CCN1CCCCCC1)c1ccc(O)cc1. The Hall–Kier alpha value is -1.75. The van der Waals surface area contributed by atoms with Crippen LogP contribution in [0.4, 0.5) is 10.5 Å². The minimum Gasteiger partial charge on any atom is -0.508 e. The Morgan fingerprint density at radius 1 is 1.15 bits per heavy atom. The molecule has 110 valence electrons. The number of rotatable bonds is 4. The molecule has 1 aliphatic heterocycles. The van der Waals surface area contributed by atoms with E-state index in [2.05, 4.69) is 4.90 Å². The first-order valence-corrected chi connectivity index (χ1v) is 7.25. The number of phenols is 1. The van der Waals surface area contributed by atoms with Crippen molar-refractivity contribution in [2.24, 2.45) is 5.73 Å². The van der Waals surface area contributed by atoms with Gasteiger partial charge < -0.3 is 15.7 Å². The average Bonchev–Trinajstić information content (AvgIpc) is 2.69. The van der Waals surface area contributed by atoms with Crippen LogP contribution in [0.25, 0.3) is 0 Å². The Morgan fingerprint density at radius 2 is 1.75 bits per heavy atom. The average molecular weight is 277 g/mol. The summed E-state index contributed by atoms with van der Waals surface area (Å²) in [6.07, 6.45) is 5.06. The van der Waals surface area contributed by atoms with Gasteiger partial charge in [-0.25, -0.2) is 4.79 Å². The van der Waals surface area contributed by atoms with E-state index in [0.717, 1.165) is 25.3 Å². The molecule has 1 aromatic rings. The summed E-state index contributed by atoms with van der Waals surface area (Å²) in [4.78, 5) is 15.5. The number of aromatic hydroxyl groups is 1. The van der Waals surface area contributed by atoms with Crippen LogP contribution < -0.4 is 10.6 Å². The van der Waals surface area contributed by atoms with Crippen LogP contribution in [-0.4, -0.2) is 42.2 Å². The number of benzene rings is 1. The molecule has 0 unspecified atom stereocenters. The van der Waals surface area contributed by atoms with Crippen LogP contribution in [0, 0.1) is 0 Å². The van der Waals surface area contributed by atoms with E-state index in [1.165, 1.54) is 25.7 Å². The smallest absolute Gasteiger partial charge is 0.319 e. The molecule has 0 saturated carbocycles. The Labute approximate surface area is 120 Å². The van der Waals surface area contributed by atoms with Gasteiger partial charge in [0.15, 0.2) is 0 Å². The number of urea groups is 1. The molecule has 1 saturated heterocycles. The number of anilines is 1. The number of nitrogens with zero attached hydrogens (tertiary/aromatic N) is 2. The standard InChI is InChI=1S/C15H23N3O2/c16-15(20)18(13-5-7-14(19)8-6-13)12-11-17-9-3-1-2-4-10-17/h5-8,19H,1-4,9-12H2,(H2,16,20). The first-order valence-electron chi connectivity index (χ1n) is 7.25. The summed E-state index contributed by atoms with van der Waals surface area (Å²) < 4.78 is 0. The highest BCUT2D eigenvalue weighted by molar-refractivity contribution is 5.90. The quantitative estimate of drug-likeness (QED) is 0.886. The van der Waals surface area contributed by atoms with Crippen LogP contribution in [0.15, 0.2) is 24.3 Å². The zero-order valence-corrected chi connectivity index (χ0v) is 11.8. The summed E-state index contributed by atoms with van der Waals surface area (Å²) in [7, 11) is 0. The van der Waals surface area contributed by atoms with Gasteiger partial charge >= 0.3 is 6.03 Å². The highest BCUT2D eigenvalue weighted by atomic mass is 16.3. The number of likely N-dealkylation sites (tertiary alicyclic amines) is 1. The van der Waals surface area contributed by atoms with Crippen molar-refractivity contribution in [3.05, 3.63) is 24.3 Å². The van der Waals surface area contributed by atoms with E-state index in [4.69, 9.17) is 5.73 Å². The molecular weight excluding hydrogens is 254 g/mol. The van der Waals surface area contributed by atoms with Crippen molar-refractivity contribution >= 4 is 11.7 Å². The molecule has 1 fully saturated rings. The minimum atomic E-state index is -0.453. The molecule has 0 bridgehead atoms. The third kappa shape index (κ3) is 4.13. The molecule has 1 aliphatic rings. The van der Waals surface area contributed by atoms with Gasteiger partial charge in [-0.2, -0.15) is 0 Å². The van der Waals surface area contributed by atoms with E-state index in [0.29, 0.717) is 6.54 Å². The molecule has 2 rings (SSSR count). The van der Waals surface area contributed by atoms with E-state index in [1.807, 2.05) is 0 Å². The predicted molar refractivity (Wildman–Crippen MR) is 79.9 cm³/mol. The van der Waals surface area contributed by atoms with Crippen LogP contribution in [-0.2, 0) is 0 Å². The molecule has 0 radical (unpaired) electrons. The van der Waals surface area contributed by atoms with Gasteiger partial charge in [0.2, 0.25) is 0 Å². The van der Waals surface area contributed by atoms with Gasteiger partial charge in [0.1, 0.15) is 5.75 Å². The molecule has 3 N–H and O–H groups in total. The fraction of sp³-hybridized carbons (Fsp3) is 0.533. The summed E-state index contributed by atoms with van der Waals surface area (Å²) in [6, 6.07) is 6.10. The van der Waals surface area contributed by atoms with Gasteiger partial charge in [-0.3, -0.25) is 4.90 Å². The maximum Gasteiger partial charge on any atom is 0.319 e. The topological polar surface area (TPSA) is 69.8 Å². The van der Waals surface area contributed by atoms with Crippen molar-refractivity contribution in [3.8, 4) is 5.75 Å². The molecule has 0 spiro atoms. The second kappa shape index (κ2) is 7.14. The summed E-state index contributed by atoms with van der Waals surface area (Å²) in [5.74, 6) is 0.186. The van der Waals surface area contributed by atoms with E-state index in [9.17, 15) is 9.90 Å². The molecule has 20 heavy (non-hydrogen) atoms. The molecule has 0 aromatic heterocycles. The highest BCUT2D eigenvalue weighted by Gasteiger charge is 2.15. The van der Waals surface area contributed by atoms with Gasteiger partial charge in [0, 0.05) is 18.8 Å². The van der Waals surface area contributed by atoms with Gasteiger partial charge in [-0.15, -0.1) is 0 Å². The van der Waals surface area contributed by atoms with Crippen molar-refractivity contribution in [1.29, 1.82) is 0 Å². The largest absolute Gasteiger partial charge is 0.508 e. The monoisotopic (exact) mass is 277 g/mol. The van der Waals surface area contributed by atoms with Crippen LogP contribution in [0.3, 0.4) is 0 Å². The van der Waals surface area contributed by atoms with Crippen LogP contribution in [0.2, 0.25) is 0 Å². The minimum absolute atomic E-state index is 0.186. The molecule has 0 atom stereocenters. The summed E-state index contributed by atoms with van der Waals surface area (Å²) >= 11 is 0. The summed E-state index contributed by atoms with van der Waals surface area (Å²) in [5, 5.41) is 9.30. The summed E-state index contributed by atoms with van der Waals surface area (Å²) in [6.45, 7) is 3.62. The maximum absolute atomic E-state index is 11.6. The first kappa shape index (κ1) is 14.7. The zero-order chi connectivity index (χ0) is 14.4. The lowest BCUT2D eigenvalue weighted by Crippen LogP contribution is -2.41. The Morgan fingerprint density at radius 3 is 2.30 bits per heavy atom. The molecular formula is C15H23N3O2. The molecule has 0 aliphatic carbocycles. The fourth-order valence-corrected chi connectivity index (χ4v) is 2.60. The van der Waals surface area contributed by atoms with Gasteiger partial charge in [-0.1, -0.05) is 12.8 Å². The zero-order valence-electron chi connectivity index (χ0n) is 11.8. The normalized spacial score (nSPS) is 16.6. The molecule has 2 amide bonds. The predicted octanol–water partition coefficient (Wildman–Crippen LogP) is 2.15. The molecule has 5 nitrogen and oxygen atoms in total. The van der Waals surface area contributed by atoms with Crippen molar-refractivity contribution in [1.82, 2.24) is 4.90 Å². The highest BCUT2D eigenvalue weighted by Crippen LogP contribution is 2.18. The van der Waals surface area contributed by atoms with Crippen LogP contribution in [0.5, 0.6) is 5.75 Å². The van der Waals surface area contributed by atoms with E-state index in [1.54, 1.807) is 29.2 Å². The third-order valence-electron chi connectivity index (χ3n) is 3.77. The van der Waals surface area contributed by atoms with Crippen molar-refractivity contribution in [3.63, 3.8) is 0 Å². The first-order chi connectivity index (χ1) is 9.66. The number of hydrogen-bond donors (Lipinski definition) is 2. The number of amides is 2. The Balaban J connectivity index is 1.95. The number of phenolic OH excluding ortho intramolecular Hbond substituents is 1. The van der Waals surface area contributed by atoms with Gasteiger partial charge in [0.05, 0.1) is 0 Å². The van der Waals surface area contributed by atoms with E-state index < -0.39 is 6.03 Å². The second-order valence-electron chi connectivity index (χ2n) is 5.26. The van der Waals surface area contributed by atoms with Crippen molar-refractivity contribution in [2.75, 3.05) is 31.1 Å². The molecule has 1 aromatic carbocycles. The van der Waals surface area contributed by atoms with E-state index >= 15 is 0 Å². The van der Waals surface area contributed by atoms with Gasteiger partial charge in [0.25, 0.3) is 0 Å². The Bertz CT molecular complexity index is 425. The van der Waals surface area contributed by atoms with Crippen molar-refractivity contribution in [2.45, 2.75) is 25.7 Å². The van der Waals surface area contributed by atoms with Crippen molar-refractivity contribution < 1.29 is 9.90 Å². The Kier molecular flexibility index (Phi) is 5.24. The summed E-state index contributed by atoms with van der Waals surface area (Å²) in [5.41, 5.74) is 6.19. The van der Waals surface area contributed by atoms with Crippen LogP contribution >= 0.6 is 0 Å². The fourth-order valence-electron chi connectivity index (χ4n) is 2.60. The third-order valence-corrected chi connectivity index (χ3v) is 3.77. The lowest BCUT2D eigenvalue weighted by molar-refractivity contribution is 0.250. The maximum atomic E-state index is 11.6. The molecule has 5 heteroatoms. The number of carbonyl (C=O) groups excluding carboxylic acids is 1. The van der Waals surface area contributed by atoms with Gasteiger partial charge in [-0.05, 0) is 50.2 Å². The molecule has 1 heterocycles. The number of hydrogen-bond acceptors (Lipinski definition) is 3. The van der Waals surface area contributed by atoms with E-state index in [-0.39, 0.29) is 5.75 Å². The lowest BCUT2D eigenvalue weighted by atomic mass is 10.2. The number of carbonyl (C=O) groups is 1. The van der Waals surface area contributed by atoms with Crippen LogP contribution in [0.1, 0.15) is 25.7 Å². The number of primary amides is 1. The lowest BCUT2D eigenvalue weighted by Gasteiger charge is -2.25.